The van der Waals surface area contributed by atoms with Gasteiger partial charge >= 0.3 is 6.03 Å². The number of rotatable bonds is 4. The average Bonchev–Trinajstić information content (AvgIpc) is 2.67. The third-order valence-corrected chi connectivity index (χ3v) is 3.14. The molecule has 1 heterocycles. The predicted molar refractivity (Wildman–Crippen MR) is 76.5 cm³/mol. The molecule has 1 aromatic carbocycles. The highest BCUT2D eigenvalue weighted by Crippen LogP contribution is 2.25. The van der Waals surface area contributed by atoms with E-state index in [0.717, 1.165) is 0 Å². The van der Waals surface area contributed by atoms with Crippen LogP contribution in [0, 0.1) is 0 Å². The van der Waals surface area contributed by atoms with Gasteiger partial charge in [-0.1, -0.05) is 18.5 Å². The molecule has 5 nitrogen and oxygen atoms in total. The second-order valence-corrected chi connectivity index (χ2v) is 4.77. The molecular formula is C14H15ClN2O3. The maximum atomic E-state index is 12.1. The number of amides is 3. The van der Waals surface area contributed by atoms with E-state index < -0.39 is 6.03 Å². The number of benzene rings is 1. The Morgan fingerprint density at radius 3 is 2.80 bits per heavy atom. The van der Waals surface area contributed by atoms with Crippen LogP contribution in [0.4, 0.5) is 4.79 Å². The van der Waals surface area contributed by atoms with Crippen molar-refractivity contribution in [2.75, 3.05) is 13.7 Å². The van der Waals surface area contributed by atoms with Crippen LogP contribution in [0.25, 0.3) is 6.08 Å². The van der Waals surface area contributed by atoms with Crippen LogP contribution in [-0.2, 0) is 4.79 Å². The van der Waals surface area contributed by atoms with Crippen LogP contribution in [0.15, 0.2) is 23.9 Å². The largest absolute Gasteiger partial charge is 0.496 e. The standard InChI is InChI=1S/C14H15ClN2O3/c1-3-6-17-13(18)11(16-14(17)19)8-9-7-10(15)4-5-12(9)20-2/h4-5,7-8H,3,6H2,1-2H3,(H,16,19)/b11-8+. The zero-order valence-corrected chi connectivity index (χ0v) is 12.0. The number of methoxy groups -OCH3 is 1. The topological polar surface area (TPSA) is 58.6 Å². The van der Waals surface area contributed by atoms with Gasteiger partial charge in [0.1, 0.15) is 11.4 Å². The van der Waals surface area contributed by atoms with Crippen molar-refractivity contribution in [2.24, 2.45) is 0 Å². The third kappa shape index (κ3) is 2.77. The Balaban J connectivity index is 2.35. The molecule has 20 heavy (non-hydrogen) atoms. The molecule has 0 bridgehead atoms. The number of ether oxygens (including phenoxy) is 1. The van der Waals surface area contributed by atoms with E-state index in [-0.39, 0.29) is 11.6 Å². The minimum Gasteiger partial charge on any atom is -0.496 e. The van der Waals surface area contributed by atoms with Crippen molar-refractivity contribution in [3.05, 3.63) is 34.5 Å². The Morgan fingerprint density at radius 2 is 2.15 bits per heavy atom. The lowest BCUT2D eigenvalue weighted by molar-refractivity contribution is -0.122. The van der Waals surface area contributed by atoms with Crippen LogP contribution >= 0.6 is 11.6 Å². The van der Waals surface area contributed by atoms with Crippen LogP contribution in [0.1, 0.15) is 18.9 Å². The molecule has 0 radical (unpaired) electrons. The summed E-state index contributed by atoms with van der Waals surface area (Å²) in [7, 11) is 1.53. The van der Waals surface area contributed by atoms with Crippen molar-refractivity contribution >= 4 is 29.6 Å². The van der Waals surface area contributed by atoms with Crippen molar-refractivity contribution in [1.82, 2.24) is 10.2 Å². The fourth-order valence-corrected chi connectivity index (χ4v) is 2.15. The van der Waals surface area contributed by atoms with E-state index in [0.29, 0.717) is 29.3 Å². The smallest absolute Gasteiger partial charge is 0.329 e. The second kappa shape index (κ2) is 5.96. The zero-order valence-electron chi connectivity index (χ0n) is 11.3. The van der Waals surface area contributed by atoms with Crippen molar-refractivity contribution in [3.63, 3.8) is 0 Å². The van der Waals surface area contributed by atoms with Gasteiger partial charge in [-0.25, -0.2) is 4.79 Å². The summed E-state index contributed by atoms with van der Waals surface area (Å²) in [6.07, 6.45) is 2.29. The van der Waals surface area contributed by atoms with Gasteiger partial charge in [-0.05, 0) is 30.7 Å². The SMILES string of the molecule is CCCN1C(=O)N/C(=C/c2cc(Cl)ccc2OC)C1=O. The summed E-state index contributed by atoms with van der Waals surface area (Å²) in [5.74, 6) is 0.247. The highest BCUT2D eigenvalue weighted by molar-refractivity contribution is 6.30. The summed E-state index contributed by atoms with van der Waals surface area (Å²) in [4.78, 5) is 25.0. The Kier molecular flexibility index (Phi) is 4.29. The van der Waals surface area contributed by atoms with Crippen molar-refractivity contribution in [1.29, 1.82) is 0 Å². The molecule has 6 heteroatoms. The Hall–Kier alpha value is -2.01. The zero-order chi connectivity index (χ0) is 14.7. The molecule has 0 atom stereocenters. The predicted octanol–water partition coefficient (Wildman–Crippen LogP) is 2.65. The average molecular weight is 295 g/mol. The highest BCUT2D eigenvalue weighted by atomic mass is 35.5. The maximum absolute atomic E-state index is 12.1. The number of urea groups is 1. The highest BCUT2D eigenvalue weighted by Gasteiger charge is 2.32. The summed E-state index contributed by atoms with van der Waals surface area (Å²) < 4.78 is 5.21. The minimum absolute atomic E-state index is 0.226. The monoisotopic (exact) mass is 294 g/mol. The van der Waals surface area contributed by atoms with Gasteiger partial charge in [0.2, 0.25) is 0 Å². The molecule has 1 fully saturated rings. The van der Waals surface area contributed by atoms with Gasteiger partial charge in [-0.2, -0.15) is 0 Å². The number of nitrogens with one attached hydrogen (secondary N) is 1. The molecule has 0 spiro atoms. The molecule has 1 aliphatic rings. The second-order valence-electron chi connectivity index (χ2n) is 4.33. The summed E-state index contributed by atoms with van der Waals surface area (Å²) in [5, 5.41) is 3.09. The van der Waals surface area contributed by atoms with Gasteiger partial charge in [0.25, 0.3) is 5.91 Å². The Labute approximate surface area is 122 Å². The lowest BCUT2D eigenvalue weighted by atomic mass is 10.1. The van der Waals surface area contributed by atoms with Crippen LogP contribution < -0.4 is 10.1 Å². The van der Waals surface area contributed by atoms with Crippen LogP contribution in [0.3, 0.4) is 0 Å². The summed E-state index contributed by atoms with van der Waals surface area (Å²) in [6, 6.07) is 4.68. The minimum atomic E-state index is -0.399. The number of imide groups is 1. The van der Waals surface area contributed by atoms with Crippen LogP contribution in [-0.4, -0.2) is 30.5 Å². The van der Waals surface area contributed by atoms with Crippen LogP contribution in [0.5, 0.6) is 5.75 Å². The van der Waals surface area contributed by atoms with Crippen molar-refractivity contribution in [3.8, 4) is 5.75 Å². The van der Waals surface area contributed by atoms with Gasteiger partial charge in [0.05, 0.1) is 7.11 Å². The molecule has 2 rings (SSSR count). The van der Waals surface area contributed by atoms with Gasteiger partial charge < -0.3 is 10.1 Å². The molecule has 3 amide bonds. The molecule has 0 unspecified atom stereocenters. The van der Waals surface area contributed by atoms with Gasteiger partial charge in [0.15, 0.2) is 0 Å². The van der Waals surface area contributed by atoms with Crippen LogP contribution in [0.2, 0.25) is 5.02 Å². The molecule has 0 aromatic heterocycles. The third-order valence-electron chi connectivity index (χ3n) is 2.90. The van der Waals surface area contributed by atoms with Gasteiger partial charge in [-0.15, -0.1) is 0 Å². The number of nitrogens with zero attached hydrogens (tertiary/aromatic N) is 1. The fourth-order valence-electron chi connectivity index (χ4n) is 1.97. The molecule has 1 aromatic rings. The Morgan fingerprint density at radius 1 is 1.40 bits per heavy atom. The quantitative estimate of drug-likeness (QED) is 0.686. The summed E-state index contributed by atoms with van der Waals surface area (Å²) >= 11 is 5.94. The molecule has 106 valence electrons. The van der Waals surface area contributed by atoms with E-state index in [1.54, 1.807) is 24.3 Å². The molecule has 1 saturated heterocycles. The van der Waals surface area contributed by atoms with Gasteiger partial charge in [-0.3, -0.25) is 9.69 Å². The number of hydrogen-bond acceptors (Lipinski definition) is 3. The molecule has 1 N–H and O–H groups in total. The van der Waals surface area contributed by atoms with E-state index in [2.05, 4.69) is 5.32 Å². The van der Waals surface area contributed by atoms with E-state index in [4.69, 9.17) is 16.3 Å². The lowest BCUT2D eigenvalue weighted by Crippen LogP contribution is -2.31. The summed E-state index contributed by atoms with van der Waals surface area (Å²) in [6.45, 7) is 2.30. The number of halogens is 1. The first-order valence-corrected chi connectivity index (χ1v) is 6.62. The van der Waals surface area contributed by atoms with Gasteiger partial charge in [0, 0.05) is 17.1 Å². The summed E-state index contributed by atoms with van der Waals surface area (Å²) in [5.41, 5.74) is 0.867. The first-order valence-electron chi connectivity index (χ1n) is 6.25. The van der Waals surface area contributed by atoms with E-state index >= 15 is 0 Å². The number of carbonyl (C=O) groups excluding carboxylic acids is 2. The number of carbonyl (C=O) groups is 2. The maximum Gasteiger partial charge on any atom is 0.329 e. The Bertz CT molecular complexity index is 584. The first-order chi connectivity index (χ1) is 9.56. The molecule has 0 aliphatic carbocycles. The van der Waals surface area contributed by atoms with Crippen molar-refractivity contribution < 1.29 is 14.3 Å². The normalized spacial score (nSPS) is 16.8. The van der Waals surface area contributed by atoms with Crippen molar-refractivity contribution in [2.45, 2.75) is 13.3 Å². The molecule has 0 saturated carbocycles. The van der Waals surface area contributed by atoms with E-state index in [9.17, 15) is 9.59 Å². The van der Waals surface area contributed by atoms with E-state index in [1.807, 2.05) is 6.92 Å². The molecular weight excluding hydrogens is 280 g/mol. The van der Waals surface area contributed by atoms with E-state index in [1.165, 1.54) is 12.0 Å². The molecule has 1 aliphatic heterocycles. The lowest BCUT2D eigenvalue weighted by Gasteiger charge is -2.09. The first kappa shape index (κ1) is 14.4. The fraction of sp³-hybridized carbons (Fsp3) is 0.286. The number of hydrogen-bond donors (Lipinski definition) is 1.